The van der Waals surface area contributed by atoms with Crippen molar-refractivity contribution < 1.29 is 0 Å². The van der Waals surface area contributed by atoms with E-state index in [1.807, 2.05) is 11.3 Å². The van der Waals surface area contributed by atoms with Crippen LogP contribution in [0.4, 0.5) is 17.1 Å². The van der Waals surface area contributed by atoms with E-state index in [-0.39, 0.29) is 0 Å². The molecule has 0 N–H and O–H groups in total. The van der Waals surface area contributed by atoms with Gasteiger partial charge in [0.25, 0.3) is 0 Å². The highest BCUT2D eigenvalue weighted by atomic mass is 32.1. The molecule has 0 spiro atoms. The summed E-state index contributed by atoms with van der Waals surface area (Å²) < 4.78 is 5.11. The Bertz CT molecular complexity index is 2800. The second-order valence-corrected chi connectivity index (χ2v) is 13.2. The fourth-order valence-electron chi connectivity index (χ4n) is 7.41. The van der Waals surface area contributed by atoms with Crippen molar-refractivity contribution in [3.8, 4) is 5.69 Å². The standard InChI is InChI=1S/C44H28N2S/c1-2-15-32(16-3-1)46-40-26-25-37-36-18-8-9-20-42(36)47-44(37)43(40)38-24-23-34(28-41(38)46)45(33-22-21-29-11-4-5-13-31(29)27-33)39-19-10-14-30-12-6-7-17-35(30)39/h1-28H. The number of hydrogen-bond donors (Lipinski definition) is 0. The van der Waals surface area contributed by atoms with Crippen LogP contribution in [0.3, 0.4) is 0 Å². The van der Waals surface area contributed by atoms with Crippen molar-refractivity contribution in [2.24, 2.45) is 0 Å². The molecule has 3 heteroatoms. The monoisotopic (exact) mass is 616 g/mol. The van der Waals surface area contributed by atoms with Crippen molar-refractivity contribution >= 4 is 91.9 Å². The van der Waals surface area contributed by atoms with Gasteiger partial charge in [-0.2, -0.15) is 0 Å². The van der Waals surface area contributed by atoms with Crippen molar-refractivity contribution in [1.29, 1.82) is 0 Å². The van der Waals surface area contributed by atoms with Crippen molar-refractivity contribution in [3.05, 3.63) is 170 Å². The van der Waals surface area contributed by atoms with Gasteiger partial charge < -0.3 is 9.47 Å². The van der Waals surface area contributed by atoms with E-state index in [1.165, 1.54) is 63.5 Å². The van der Waals surface area contributed by atoms with Crippen LogP contribution in [0, 0.1) is 0 Å². The van der Waals surface area contributed by atoms with Gasteiger partial charge in [0.15, 0.2) is 0 Å². The molecular formula is C44H28N2S. The molecule has 0 aliphatic rings. The van der Waals surface area contributed by atoms with Gasteiger partial charge in [-0.15, -0.1) is 11.3 Å². The van der Waals surface area contributed by atoms with E-state index in [4.69, 9.17) is 0 Å². The summed E-state index contributed by atoms with van der Waals surface area (Å²) in [6.07, 6.45) is 0. The van der Waals surface area contributed by atoms with Crippen LogP contribution in [-0.2, 0) is 0 Å². The van der Waals surface area contributed by atoms with Crippen LogP contribution in [0.25, 0.3) is 69.2 Å². The van der Waals surface area contributed by atoms with Gasteiger partial charge in [0.05, 0.1) is 16.7 Å². The van der Waals surface area contributed by atoms with Gasteiger partial charge in [-0.05, 0) is 70.8 Å². The maximum atomic E-state index is 2.44. The third-order valence-electron chi connectivity index (χ3n) is 9.53. The average Bonchev–Trinajstić information content (AvgIpc) is 3.68. The summed E-state index contributed by atoms with van der Waals surface area (Å²) in [6.45, 7) is 0. The fourth-order valence-corrected chi connectivity index (χ4v) is 8.67. The highest BCUT2D eigenvalue weighted by Crippen LogP contribution is 2.46. The van der Waals surface area contributed by atoms with Gasteiger partial charge in [0, 0.05) is 53.4 Å². The third kappa shape index (κ3) is 4.04. The van der Waals surface area contributed by atoms with E-state index in [0.29, 0.717) is 0 Å². The number of para-hydroxylation sites is 1. The highest BCUT2D eigenvalue weighted by Gasteiger charge is 2.21. The first-order chi connectivity index (χ1) is 23.3. The summed E-state index contributed by atoms with van der Waals surface area (Å²) in [5, 5.41) is 10.1. The number of rotatable bonds is 4. The normalized spacial score (nSPS) is 11.8. The van der Waals surface area contributed by atoms with Gasteiger partial charge >= 0.3 is 0 Å². The van der Waals surface area contributed by atoms with Crippen molar-refractivity contribution in [2.75, 3.05) is 4.90 Å². The fraction of sp³-hybridized carbons (Fsp3) is 0. The molecule has 47 heavy (non-hydrogen) atoms. The minimum absolute atomic E-state index is 1.12. The second-order valence-electron chi connectivity index (χ2n) is 12.2. The minimum atomic E-state index is 1.12. The van der Waals surface area contributed by atoms with E-state index in [0.717, 1.165) is 22.7 Å². The first kappa shape index (κ1) is 26.3. The van der Waals surface area contributed by atoms with Crippen molar-refractivity contribution in [2.45, 2.75) is 0 Å². The van der Waals surface area contributed by atoms with Gasteiger partial charge in [0.2, 0.25) is 0 Å². The largest absolute Gasteiger partial charge is 0.310 e. The first-order valence-electron chi connectivity index (χ1n) is 16.0. The Morgan fingerprint density at radius 1 is 0.426 bits per heavy atom. The number of thiophene rings is 1. The van der Waals surface area contributed by atoms with E-state index < -0.39 is 0 Å². The van der Waals surface area contributed by atoms with Crippen LogP contribution in [0.2, 0.25) is 0 Å². The van der Waals surface area contributed by atoms with Crippen molar-refractivity contribution in [3.63, 3.8) is 0 Å². The molecule has 0 aliphatic heterocycles. The van der Waals surface area contributed by atoms with Crippen LogP contribution < -0.4 is 4.90 Å². The lowest BCUT2D eigenvalue weighted by molar-refractivity contribution is 1.18. The lowest BCUT2D eigenvalue weighted by Crippen LogP contribution is -2.10. The van der Waals surface area contributed by atoms with Gasteiger partial charge in [-0.25, -0.2) is 0 Å². The highest BCUT2D eigenvalue weighted by molar-refractivity contribution is 7.26. The summed E-state index contributed by atoms with van der Waals surface area (Å²) in [6, 6.07) is 61.9. The molecule has 8 aromatic carbocycles. The van der Waals surface area contributed by atoms with E-state index in [9.17, 15) is 0 Å². The van der Waals surface area contributed by atoms with Gasteiger partial charge in [-0.1, -0.05) is 115 Å². The summed E-state index contributed by atoms with van der Waals surface area (Å²) in [5.74, 6) is 0. The Kier molecular flexibility index (Phi) is 5.78. The molecule has 0 amide bonds. The molecule has 0 unspecified atom stereocenters. The zero-order valence-electron chi connectivity index (χ0n) is 25.5. The maximum absolute atomic E-state index is 2.44. The van der Waals surface area contributed by atoms with Crippen LogP contribution in [0.1, 0.15) is 0 Å². The molecule has 0 radical (unpaired) electrons. The van der Waals surface area contributed by atoms with E-state index in [1.54, 1.807) is 0 Å². The summed E-state index contributed by atoms with van der Waals surface area (Å²) in [5.41, 5.74) is 6.99. The minimum Gasteiger partial charge on any atom is -0.310 e. The summed E-state index contributed by atoms with van der Waals surface area (Å²) >= 11 is 1.90. The SMILES string of the molecule is c1ccc(-n2c3cc(N(c4ccc5ccccc5c4)c4cccc5ccccc45)ccc3c3c4sc5ccccc5c4ccc32)cc1. The predicted molar refractivity (Wildman–Crippen MR) is 203 cm³/mol. The third-order valence-corrected chi connectivity index (χ3v) is 10.7. The van der Waals surface area contributed by atoms with Crippen LogP contribution in [0.15, 0.2) is 170 Å². The van der Waals surface area contributed by atoms with Crippen LogP contribution in [-0.4, -0.2) is 4.57 Å². The Morgan fingerprint density at radius 2 is 1.11 bits per heavy atom. The first-order valence-corrected chi connectivity index (χ1v) is 16.8. The molecule has 0 aliphatic carbocycles. The molecule has 10 aromatic rings. The quantitative estimate of drug-likeness (QED) is 0.191. The van der Waals surface area contributed by atoms with Crippen molar-refractivity contribution in [1.82, 2.24) is 4.57 Å². The Morgan fingerprint density at radius 3 is 2.00 bits per heavy atom. The summed E-state index contributed by atoms with van der Waals surface area (Å²) in [7, 11) is 0. The molecule has 0 saturated heterocycles. The van der Waals surface area contributed by atoms with E-state index in [2.05, 4.69) is 179 Å². The van der Waals surface area contributed by atoms with E-state index >= 15 is 0 Å². The lowest BCUT2D eigenvalue weighted by atomic mass is 10.0. The molecule has 0 fully saturated rings. The number of nitrogens with zero attached hydrogens (tertiary/aromatic N) is 2. The molecule has 0 saturated carbocycles. The maximum Gasteiger partial charge on any atom is 0.0562 e. The molecule has 0 atom stereocenters. The zero-order chi connectivity index (χ0) is 30.9. The molecular weight excluding hydrogens is 589 g/mol. The second kappa shape index (κ2) is 10.3. The number of hydrogen-bond acceptors (Lipinski definition) is 2. The van der Waals surface area contributed by atoms with Crippen LogP contribution in [0.5, 0.6) is 0 Å². The number of fused-ring (bicyclic) bond motifs is 9. The number of benzene rings is 8. The number of aromatic nitrogens is 1. The van der Waals surface area contributed by atoms with Crippen LogP contribution >= 0.6 is 11.3 Å². The predicted octanol–water partition coefficient (Wildman–Crippen LogP) is 12.9. The zero-order valence-corrected chi connectivity index (χ0v) is 26.3. The molecule has 220 valence electrons. The summed E-state index contributed by atoms with van der Waals surface area (Å²) in [4.78, 5) is 2.43. The molecule has 2 heterocycles. The Balaban J connectivity index is 1.30. The Labute approximate surface area is 276 Å². The molecule has 10 rings (SSSR count). The topological polar surface area (TPSA) is 8.17 Å². The Hall–Kier alpha value is -5.90. The lowest BCUT2D eigenvalue weighted by Gasteiger charge is -2.27. The number of anilines is 3. The molecule has 2 aromatic heterocycles. The van der Waals surface area contributed by atoms with Gasteiger partial charge in [0.1, 0.15) is 0 Å². The average molecular weight is 617 g/mol. The van der Waals surface area contributed by atoms with Gasteiger partial charge in [-0.3, -0.25) is 0 Å². The smallest absolute Gasteiger partial charge is 0.0562 e. The molecule has 0 bridgehead atoms. The molecule has 2 nitrogen and oxygen atoms in total.